The zero-order valence-corrected chi connectivity index (χ0v) is 9.28. The lowest BCUT2D eigenvalue weighted by molar-refractivity contribution is 0.0606. The maximum atomic E-state index is 5.51. The molecule has 2 nitrogen and oxygen atoms in total. The number of nitrogens with one attached hydrogen (secondary N) is 1. The van der Waals surface area contributed by atoms with Gasteiger partial charge in [0.25, 0.3) is 0 Å². The Hall–Kier alpha value is -1.02. The fourth-order valence-electron chi connectivity index (χ4n) is 2.29. The van der Waals surface area contributed by atoms with E-state index in [-0.39, 0.29) is 0 Å². The molecule has 1 aliphatic rings. The summed E-state index contributed by atoms with van der Waals surface area (Å²) in [6, 6.07) is 10.9. The van der Waals surface area contributed by atoms with Crippen LogP contribution in [-0.2, 0) is 4.74 Å². The highest BCUT2D eigenvalue weighted by Gasteiger charge is 2.24. The Morgan fingerprint density at radius 1 is 1.13 bits per heavy atom. The molecule has 2 heteroatoms. The third kappa shape index (κ3) is 2.72. The highest BCUT2D eigenvalue weighted by molar-refractivity contribution is 5.43. The van der Waals surface area contributed by atoms with Crippen molar-refractivity contribution in [3.63, 3.8) is 0 Å². The first-order chi connectivity index (χ1) is 7.40. The molecule has 1 aromatic carbocycles. The van der Waals surface area contributed by atoms with Gasteiger partial charge in [0.15, 0.2) is 0 Å². The van der Waals surface area contributed by atoms with E-state index in [0.29, 0.717) is 12.1 Å². The molecular weight excluding hydrogens is 186 g/mol. The van der Waals surface area contributed by atoms with Crippen molar-refractivity contribution in [3.05, 3.63) is 30.3 Å². The molecule has 0 unspecified atom stereocenters. The van der Waals surface area contributed by atoms with Gasteiger partial charge in [-0.05, 0) is 25.0 Å². The molecule has 0 bridgehead atoms. The first-order valence-electron chi connectivity index (χ1n) is 5.74. The Bertz CT molecular complexity index is 286. The smallest absolute Gasteiger partial charge is 0.0772 e. The highest BCUT2D eigenvalue weighted by Crippen LogP contribution is 2.23. The van der Waals surface area contributed by atoms with Crippen LogP contribution in [0.15, 0.2) is 30.3 Å². The van der Waals surface area contributed by atoms with E-state index in [4.69, 9.17) is 4.74 Å². The van der Waals surface area contributed by atoms with Crippen LogP contribution in [0.5, 0.6) is 0 Å². The maximum absolute atomic E-state index is 5.51. The van der Waals surface area contributed by atoms with E-state index in [9.17, 15) is 0 Å². The van der Waals surface area contributed by atoms with Gasteiger partial charge in [0, 0.05) is 12.8 Å². The lowest BCUT2D eigenvalue weighted by Gasteiger charge is -2.31. The Morgan fingerprint density at radius 2 is 1.87 bits per heavy atom. The second-order valence-electron chi connectivity index (χ2n) is 4.18. The Balaban J connectivity index is 1.97. The van der Waals surface area contributed by atoms with Crippen LogP contribution in [0.3, 0.4) is 0 Å². The van der Waals surface area contributed by atoms with Crippen LogP contribution >= 0.6 is 0 Å². The predicted octanol–water partition coefficient (Wildman–Crippen LogP) is 3.06. The van der Waals surface area contributed by atoms with Crippen molar-refractivity contribution in [3.8, 4) is 0 Å². The van der Waals surface area contributed by atoms with Gasteiger partial charge in [0.05, 0.1) is 12.1 Å². The molecular formula is C13H19NO. The fraction of sp³-hybridized carbons (Fsp3) is 0.538. The van der Waals surface area contributed by atoms with Crippen molar-refractivity contribution >= 4 is 5.69 Å². The van der Waals surface area contributed by atoms with Crippen molar-refractivity contribution in [1.29, 1.82) is 0 Å². The van der Waals surface area contributed by atoms with Gasteiger partial charge in [-0.3, -0.25) is 0 Å². The van der Waals surface area contributed by atoms with Crippen molar-refractivity contribution in [2.75, 3.05) is 12.4 Å². The molecule has 0 amide bonds. The molecule has 0 radical (unpaired) electrons. The lowest BCUT2D eigenvalue weighted by atomic mass is 9.92. The van der Waals surface area contributed by atoms with Crippen LogP contribution in [0.25, 0.3) is 0 Å². The number of benzene rings is 1. The van der Waals surface area contributed by atoms with Crippen LogP contribution in [0.2, 0.25) is 0 Å². The van der Waals surface area contributed by atoms with E-state index in [1.54, 1.807) is 0 Å². The van der Waals surface area contributed by atoms with E-state index in [1.165, 1.54) is 31.4 Å². The first-order valence-corrected chi connectivity index (χ1v) is 5.74. The molecule has 15 heavy (non-hydrogen) atoms. The van der Waals surface area contributed by atoms with Crippen molar-refractivity contribution in [2.45, 2.75) is 37.8 Å². The van der Waals surface area contributed by atoms with Gasteiger partial charge in [-0.1, -0.05) is 31.0 Å². The number of anilines is 1. The molecule has 0 spiro atoms. The number of para-hydroxylation sites is 1. The zero-order valence-electron chi connectivity index (χ0n) is 9.28. The molecule has 0 saturated heterocycles. The average molecular weight is 205 g/mol. The molecule has 1 N–H and O–H groups in total. The van der Waals surface area contributed by atoms with Gasteiger partial charge in [-0.2, -0.15) is 0 Å². The van der Waals surface area contributed by atoms with Crippen LogP contribution in [0.4, 0.5) is 5.69 Å². The number of methoxy groups -OCH3 is 1. The fourth-order valence-corrected chi connectivity index (χ4v) is 2.29. The van der Waals surface area contributed by atoms with Gasteiger partial charge in [0.2, 0.25) is 0 Å². The average Bonchev–Trinajstić information content (AvgIpc) is 2.31. The lowest BCUT2D eigenvalue weighted by Crippen LogP contribution is -2.37. The standard InChI is InChI=1S/C13H19NO/c1-15-13-10-6-5-9-12(13)14-11-7-3-2-4-8-11/h2-4,7-8,12-14H,5-6,9-10H2,1H3/t12-,13-/m1/s1. The monoisotopic (exact) mass is 205 g/mol. The number of hydrogen-bond donors (Lipinski definition) is 1. The molecule has 0 aliphatic heterocycles. The topological polar surface area (TPSA) is 21.3 Å². The van der Waals surface area contributed by atoms with Crippen molar-refractivity contribution in [2.24, 2.45) is 0 Å². The number of hydrogen-bond acceptors (Lipinski definition) is 2. The minimum atomic E-state index is 0.374. The molecule has 0 aromatic heterocycles. The maximum Gasteiger partial charge on any atom is 0.0772 e. The second kappa shape index (κ2) is 5.17. The Labute approximate surface area is 91.6 Å². The molecule has 2 rings (SSSR count). The highest BCUT2D eigenvalue weighted by atomic mass is 16.5. The summed E-state index contributed by atoms with van der Waals surface area (Å²) >= 11 is 0. The summed E-state index contributed by atoms with van der Waals surface area (Å²) in [5.41, 5.74) is 1.20. The third-order valence-corrected chi connectivity index (χ3v) is 3.13. The number of ether oxygens (including phenoxy) is 1. The molecule has 1 aromatic rings. The Morgan fingerprint density at radius 3 is 2.60 bits per heavy atom. The SMILES string of the molecule is CO[C@@H]1CCCC[C@H]1Nc1ccccc1. The van der Waals surface area contributed by atoms with Crippen molar-refractivity contribution in [1.82, 2.24) is 0 Å². The summed E-state index contributed by atoms with van der Waals surface area (Å²) in [4.78, 5) is 0. The van der Waals surface area contributed by atoms with Crippen LogP contribution in [0.1, 0.15) is 25.7 Å². The summed E-state index contributed by atoms with van der Waals surface area (Å²) in [6.45, 7) is 0. The molecule has 1 aliphatic carbocycles. The normalized spacial score (nSPS) is 26.2. The van der Waals surface area contributed by atoms with Crippen molar-refractivity contribution < 1.29 is 4.74 Å². The van der Waals surface area contributed by atoms with Gasteiger partial charge in [-0.15, -0.1) is 0 Å². The van der Waals surface area contributed by atoms with Crippen LogP contribution < -0.4 is 5.32 Å². The number of rotatable bonds is 3. The summed E-state index contributed by atoms with van der Waals surface area (Å²) < 4.78 is 5.51. The summed E-state index contributed by atoms with van der Waals surface area (Å²) in [6.07, 6.45) is 5.38. The zero-order chi connectivity index (χ0) is 10.5. The predicted molar refractivity (Wildman–Crippen MR) is 63.1 cm³/mol. The largest absolute Gasteiger partial charge is 0.380 e. The van der Waals surface area contributed by atoms with E-state index < -0.39 is 0 Å². The first kappa shape index (κ1) is 10.5. The van der Waals surface area contributed by atoms with Gasteiger partial charge < -0.3 is 10.1 Å². The third-order valence-electron chi connectivity index (χ3n) is 3.13. The van der Waals surface area contributed by atoms with E-state index in [2.05, 4.69) is 29.6 Å². The van der Waals surface area contributed by atoms with Crippen LogP contribution in [-0.4, -0.2) is 19.3 Å². The molecule has 1 saturated carbocycles. The molecule has 2 atom stereocenters. The minimum absolute atomic E-state index is 0.374. The summed E-state index contributed by atoms with van der Waals surface area (Å²) in [5, 5.41) is 3.56. The van der Waals surface area contributed by atoms with Gasteiger partial charge in [-0.25, -0.2) is 0 Å². The van der Waals surface area contributed by atoms with Gasteiger partial charge in [0.1, 0.15) is 0 Å². The quantitative estimate of drug-likeness (QED) is 0.819. The van der Waals surface area contributed by atoms with E-state index in [1.807, 2.05) is 13.2 Å². The summed E-state index contributed by atoms with van der Waals surface area (Å²) in [7, 11) is 1.82. The minimum Gasteiger partial charge on any atom is -0.380 e. The molecule has 0 heterocycles. The second-order valence-corrected chi connectivity index (χ2v) is 4.18. The summed E-state index contributed by atoms with van der Waals surface area (Å²) in [5.74, 6) is 0. The van der Waals surface area contributed by atoms with E-state index in [0.717, 1.165) is 0 Å². The van der Waals surface area contributed by atoms with Crippen LogP contribution in [0, 0.1) is 0 Å². The molecule has 1 fully saturated rings. The van der Waals surface area contributed by atoms with Gasteiger partial charge >= 0.3 is 0 Å². The Kier molecular flexibility index (Phi) is 3.62. The molecule has 82 valence electrons. The van der Waals surface area contributed by atoms with E-state index >= 15 is 0 Å².